The quantitative estimate of drug-likeness (QED) is 0.676. The zero-order valence-electron chi connectivity index (χ0n) is 17.2. The summed E-state index contributed by atoms with van der Waals surface area (Å²) in [6.45, 7) is 6.96. The van der Waals surface area contributed by atoms with Crippen LogP contribution in [0.2, 0.25) is 0 Å². The largest absolute Gasteiger partial charge is 0.465 e. The van der Waals surface area contributed by atoms with Gasteiger partial charge < -0.3 is 20.1 Å². The standard InChI is InChI=1S/C22H34N2O4/c1-20-8-14(23-10-20)16(20)18(25)27-12-22(6-4-3-5-7-22)13-28-19(26)17-15-9-21(17,2)11-24-15/h14-17,23-24H,3-13H2,1-2H3/t14-,15-,16+,17+,20-,21-/m1/s1. The third-order valence-electron chi connectivity index (χ3n) is 8.68. The van der Waals surface area contributed by atoms with Crippen molar-refractivity contribution >= 4 is 11.9 Å². The highest BCUT2D eigenvalue weighted by atomic mass is 16.5. The molecule has 7 rings (SSSR count). The summed E-state index contributed by atoms with van der Waals surface area (Å²) < 4.78 is 11.7. The normalized spacial score (nSPS) is 45.1. The van der Waals surface area contributed by atoms with E-state index in [1.165, 1.54) is 6.42 Å². The summed E-state index contributed by atoms with van der Waals surface area (Å²) in [4.78, 5) is 25.5. The fourth-order valence-electron chi connectivity index (χ4n) is 6.78. The van der Waals surface area contributed by atoms with Crippen molar-refractivity contribution in [2.24, 2.45) is 28.1 Å². The zero-order chi connectivity index (χ0) is 19.6. The number of hydrogen-bond acceptors (Lipinski definition) is 6. The average Bonchev–Trinajstić information content (AvgIpc) is 3.39. The van der Waals surface area contributed by atoms with Crippen LogP contribution in [0.4, 0.5) is 0 Å². The lowest BCUT2D eigenvalue weighted by atomic mass is 9.62. The van der Waals surface area contributed by atoms with Crippen LogP contribution >= 0.6 is 0 Å². The molecule has 7 aliphatic rings. The molecule has 28 heavy (non-hydrogen) atoms. The lowest BCUT2D eigenvalue weighted by Crippen LogP contribution is -2.51. The van der Waals surface area contributed by atoms with Gasteiger partial charge in [0.05, 0.1) is 11.8 Å². The molecule has 3 saturated carbocycles. The number of carbonyl (C=O) groups excluding carboxylic acids is 2. The molecular formula is C22H34N2O4. The van der Waals surface area contributed by atoms with Crippen molar-refractivity contribution in [3.05, 3.63) is 0 Å². The Morgan fingerprint density at radius 2 is 1.29 bits per heavy atom. The van der Waals surface area contributed by atoms with Crippen molar-refractivity contribution in [1.82, 2.24) is 10.6 Å². The number of nitrogens with one attached hydrogen (secondary N) is 2. The van der Waals surface area contributed by atoms with Crippen LogP contribution in [0, 0.1) is 28.1 Å². The number of ether oxygens (including phenoxy) is 2. The van der Waals surface area contributed by atoms with E-state index in [9.17, 15) is 9.59 Å². The summed E-state index contributed by atoms with van der Waals surface area (Å²) >= 11 is 0. The van der Waals surface area contributed by atoms with E-state index in [-0.39, 0.29) is 40.0 Å². The van der Waals surface area contributed by atoms with Crippen molar-refractivity contribution in [1.29, 1.82) is 0 Å². The average molecular weight is 391 g/mol. The van der Waals surface area contributed by atoms with Gasteiger partial charge in [0.15, 0.2) is 0 Å². The van der Waals surface area contributed by atoms with Gasteiger partial charge in [0.2, 0.25) is 0 Å². The van der Waals surface area contributed by atoms with E-state index in [0.717, 1.165) is 51.6 Å². The topological polar surface area (TPSA) is 76.7 Å². The maximum atomic E-state index is 12.7. The third kappa shape index (κ3) is 2.82. The molecule has 2 N–H and O–H groups in total. The molecule has 0 aromatic heterocycles. The number of esters is 2. The Balaban J connectivity index is 1.18. The van der Waals surface area contributed by atoms with E-state index in [1.807, 2.05) is 0 Å². The van der Waals surface area contributed by atoms with Gasteiger partial charge in [-0.05, 0) is 36.5 Å². The molecule has 4 heterocycles. The Morgan fingerprint density at radius 1 is 0.821 bits per heavy atom. The highest BCUT2D eigenvalue weighted by molar-refractivity contribution is 5.77. The van der Waals surface area contributed by atoms with Crippen LogP contribution in [0.25, 0.3) is 0 Å². The predicted molar refractivity (Wildman–Crippen MR) is 103 cm³/mol. The summed E-state index contributed by atoms with van der Waals surface area (Å²) in [5.74, 6) is -0.137. The molecule has 3 aliphatic carbocycles. The van der Waals surface area contributed by atoms with Crippen LogP contribution in [0.3, 0.4) is 0 Å². The molecule has 4 aliphatic heterocycles. The number of fused-ring (bicyclic) bond motifs is 2. The molecule has 0 aromatic rings. The Morgan fingerprint density at radius 3 is 1.64 bits per heavy atom. The van der Waals surface area contributed by atoms with Gasteiger partial charge in [-0.15, -0.1) is 0 Å². The highest BCUT2D eigenvalue weighted by Crippen LogP contribution is 2.53. The van der Waals surface area contributed by atoms with E-state index in [1.54, 1.807) is 0 Å². The first-order chi connectivity index (χ1) is 13.3. The Bertz CT molecular complexity index is 617. The van der Waals surface area contributed by atoms with Gasteiger partial charge in [-0.3, -0.25) is 9.59 Å². The summed E-state index contributed by atoms with van der Waals surface area (Å²) in [6, 6.07) is 0.583. The minimum absolute atomic E-state index is 0.00711. The molecule has 156 valence electrons. The molecule has 0 radical (unpaired) electrons. The van der Waals surface area contributed by atoms with E-state index >= 15 is 0 Å². The van der Waals surface area contributed by atoms with Crippen LogP contribution in [-0.4, -0.2) is 50.3 Å². The summed E-state index contributed by atoms with van der Waals surface area (Å²) in [6.07, 6.45) is 7.54. The second-order valence-corrected chi connectivity index (χ2v) is 10.9. The minimum atomic E-state index is -0.197. The van der Waals surface area contributed by atoms with E-state index in [2.05, 4.69) is 24.5 Å². The molecule has 6 atom stereocenters. The van der Waals surface area contributed by atoms with Crippen LogP contribution in [0.5, 0.6) is 0 Å². The fraction of sp³-hybridized carbons (Fsp3) is 0.909. The zero-order valence-corrected chi connectivity index (χ0v) is 17.2. The van der Waals surface area contributed by atoms with Crippen LogP contribution in [-0.2, 0) is 19.1 Å². The van der Waals surface area contributed by atoms with Gasteiger partial charge in [0.1, 0.15) is 13.2 Å². The summed E-state index contributed by atoms with van der Waals surface area (Å²) in [5, 5.41) is 6.84. The molecule has 4 saturated heterocycles. The van der Waals surface area contributed by atoms with Crippen molar-refractivity contribution in [2.45, 2.75) is 70.9 Å². The van der Waals surface area contributed by atoms with E-state index in [4.69, 9.17) is 9.47 Å². The molecule has 0 spiro atoms. The molecular weight excluding hydrogens is 356 g/mol. The van der Waals surface area contributed by atoms with Crippen molar-refractivity contribution in [3.63, 3.8) is 0 Å². The van der Waals surface area contributed by atoms with Gasteiger partial charge in [0.25, 0.3) is 0 Å². The van der Waals surface area contributed by atoms with Crippen LogP contribution < -0.4 is 10.6 Å². The molecule has 0 aromatic carbocycles. The molecule has 7 fully saturated rings. The van der Waals surface area contributed by atoms with Crippen molar-refractivity contribution in [2.75, 3.05) is 26.3 Å². The fourth-order valence-corrected chi connectivity index (χ4v) is 6.78. The molecule has 0 amide bonds. The first-order valence-corrected chi connectivity index (χ1v) is 11.1. The van der Waals surface area contributed by atoms with Crippen LogP contribution in [0.1, 0.15) is 58.8 Å². The maximum Gasteiger partial charge on any atom is 0.311 e. The molecule has 6 nitrogen and oxygen atoms in total. The van der Waals surface area contributed by atoms with Crippen LogP contribution in [0.15, 0.2) is 0 Å². The van der Waals surface area contributed by atoms with Gasteiger partial charge in [-0.1, -0.05) is 33.1 Å². The van der Waals surface area contributed by atoms with E-state index in [0.29, 0.717) is 25.3 Å². The van der Waals surface area contributed by atoms with Crippen molar-refractivity contribution in [3.8, 4) is 0 Å². The van der Waals surface area contributed by atoms with Gasteiger partial charge in [0, 0.05) is 30.6 Å². The lowest BCUT2D eigenvalue weighted by Gasteiger charge is -2.44. The first-order valence-electron chi connectivity index (χ1n) is 11.1. The van der Waals surface area contributed by atoms with Gasteiger partial charge in [-0.2, -0.15) is 0 Å². The lowest BCUT2D eigenvalue weighted by molar-refractivity contribution is -0.170. The highest BCUT2D eigenvalue weighted by Gasteiger charge is 2.61. The van der Waals surface area contributed by atoms with Gasteiger partial charge in [-0.25, -0.2) is 0 Å². The molecule has 0 unspecified atom stereocenters. The number of hydrogen-bond donors (Lipinski definition) is 2. The monoisotopic (exact) mass is 390 g/mol. The minimum Gasteiger partial charge on any atom is -0.465 e. The predicted octanol–water partition coefficient (Wildman–Crippen LogP) is 2.02. The van der Waals surface area contributed by atoms with E-state index < -0.39 is 0 Å². The second-order valence-electron chi connectivity index (χ2n) is 10.9. The summed E-state index contributed by atoms with van der Waals surface area (Å²) in [5.41, 5.74) is -0.0579. The summed E-state index contributed by atoms with van der Waals surface area (Å²) in [7, 11) is 0. The first kappa shape index (κ1) is 18.9. The third-order valence-corrected chi connectivity index (χ3v) is 8.68. The number of rotatable bonds is 6. The number of carbonyl (C=O) groups is 2. The van der Waals surface area contributed by atoms with Gasteiger partial charge >= 0.3 is 11.9 Å². The SMILES string of the molecule is C[C@]12CN[C@H](C1)[C@H]2C(=O)OCC1(COC(=O)[C@@H]2[C@H]3C[C@]2(C)CN3)CCCCC1. The Kier molecular flexibility index (Phi) is 4.33. The van der Waals surface area contributed by atoms with Crippen molar-refractivity contribution < 1.29 is 19.1 Å². The Hall–Kier alpha value is -1.14. The molecule has 4 bridgehead atoms. The maximum absolute atomic E-state index is 12.7. The molecule has 6 heteroatoms. The second kappa shape index (κ2) is 6.43. The Labute approximate surface area is 167 Å². The smallest absolute Gasteiger partial charge is 0.311 e.